The molecule has 1 aliphatic heterocycles. The lowest BCUT2D eigenvalue weighted by Gasteiger charge is -2.09. The van der Waals surface area contributed by atoms with Gasteiger partial charge in [-0.15, -0.1) is 21.5 Å². The molecule has 2 atom stereocenters. The number of carbonyl (C=O) groups is 1. The molecule has 2 aliphatic rings. The van der Waals surface area contributed by atoms with Crippen molar-refractivity contribution in [1.29, 1.82) is 0 Å². The highest BCUT2D eigenvalue weighted by atomic mass is 32.2. The van der Waals surface area contributed by atoms with Crippen LogP contribution in [0.1, 0.15) is 42.9 Å². The van der Waals surface area contributed by atoms with Gasteiger partial charge >= 0.3 is 5.97 Å². The molecule has 2 aromatic rings. The summed E-state index contributed by atoms with van der Waals surface area (Å²) in [5.41, 5.74) is 0. The van der Waals surface area contributed by atoms with Gasteiger partial charge < -0.3 is 9.30 Å². The fourth-order valence-corrected chi connectivity index (χ4v) is 4.65. The zero-order valence-electron chi connectivity index (χ0n) is 12.3. The number of thiophene rings is 1. The van der Waals surface area contributed by atoms with Crippen molar-refractivity contribution in [1.82, 2.24) is 14.8 Å². The van der Waals surface area contributed by atoms with Crippen LogP contribution in [0, 0.1) is 0 Å². The summed E-state index contributed by atoms with van der Waals surface area (Å²) in [5, 5.41) is 11.5. The van der Waals surface area contributed by atoms with Crippen LogP contribution in [0.2, 0.25) is 0 Å². The van der Waals surface area contributed by atoms with E-state index < -0.39 is 0 Å². The molecule has 5 nitrogen and oxygen atoms in total. The number of hydrogen-bond donors (Lipinski definition) is 0. The summed E-state index contributed by atoms with van der Waals surface area (Å²) < 4.78 is 7.48. The molecule has 0 amide bonds. The number of nitrogens with zero attached hydrogens (tertiary/aromatic N) is 3. The lowest BCUT2D eigenvalue weighted by Crippen LogP contribution is -2.12. The number of esters is 1. The predicted octanol–water partition coefficient (Wildman–Crippen LogP) is 3.06. The highest BCUT2D eigenvalue weighted by Gasteiger charge is 2.36. The van der Waals surface area contributed by atoms with Gasteiger partial charge in [-0.3, -0.25) is 4.79 Å². The Labute approximate surface area is 137 Å². The van der Waals surface area contributed by atoms with Crippen LogP contribution in [0.3, 0.4) is 0 Å². The fraction of sp³-hybridized carbons (Fsp3) is 0.533. The smallest absolute Gasteiger partial charge is 0.319 e. The van der Waals surface area contributed by atoms with Crippen LogP contribution < -0.4 is 0 Å². The van der Waals surface area contributed by atoms with Crippen LogP contribution in [0.5, 0.6) is 0 Å². The molecule has 22 heavy (non-hydrogen) atoms. The zero-order chi connectivity index (χ0) is 15.1. The third-order valence-corrected chi connectivity index (χ3v) is 5.97. The number of rotatable bonds is 5. The number of aromatic nitrogens is 3. The number of hydrogen-bond acceptors (Lipinski definition) is 6. The Balaban J connectivity index is 1.57. The normalized spacial score (nSPS) is 24.7. The van der Waals surface area contributed by atoms with Gasteiger partial charge in [-0.25, -0.2) is 0 Å². The van der Waals surface area contributed by atoms with E-state index in [1.54, 1.807) is 11.3 Å². The van der Waals surface area contributed by atoms with E-state index in [9.17, 15) is 4.79 Å². The molecule has 0 unspecified atom stereocenters. The highest BCUT2D eigenvalue weighted by Crippen LogP contribution is 2.41. The minimum atomic E-state index is -0.147. The average Bonchev–Trinajstić information content (AvgIpc) is 2.90. The SMILES string of the molecule is C[C@@H]1C[C@@H](Sc2nnc(Cc3cccs3)n2C2CC2)C(=O)O1. The first-order valence-electron chi connectivity index (χ1n) is 7.54. The molecule has 0 radical (unpaired) electrons. The zero-order valence-corrected chi connectivity index (χ0v) is 13.9. The van der Waals surface area contributed by atoms with Crippen LogP contribution >= 0.6 is 23.1 Å². The van der Waals surface area contributed by atoms with E-state index in [4.69, 9.17) is 4.74 Å². The lowest BCUT2D eigenvalue weighted by molar-refractivity contribution is -0.140. The van der Waals surface area contributed by atoms with Crippen molar-refractivity contribution < 1.29 is 9.53 Å². The van der Waals surface area contributed by atoms with E-state index in [2.05, 4.69) is 32.3 Å². The van der Waals surface area contributed by atoms with E-state index in [-0.39, 0.29) is 17.3 Å². The lowest BCUT2D eigenvalue weighted by atomic mass is 10.3. The summed E-state index contributed by atoms with van der Waals surface area (Å²) in [6.07, 6.45) is 3.92. The van der Waals surface area contributed by atoms with E-state index >= 15 is 0 Å². The molecule has 0 aromatic carbocycles. The average molecular weight is 335 g/mol. The molecule has 116 valence electrons. The molecule has 4 rings (SSSR count). The van der Waals surface area contributed by atoms with Gasteiger partial charge in [0, 0.05) is 23.8 Å². The highest BCUT2D eigenvalue weighted by molar-refractivity contribution is 8.00. The maximum absolute atomic E-state index is 11.9. The fourth-order valence-electron chi connectivity index (χ4n) is 2.72. The van der Waals surface area contributed by atoms with Gasteiger partial charge in [0.2, 0.25) is 0 Å². The van der Waals surface area contributed by atoms with Crippen LogP contribution in [0.25, 0.3) is 0 Å². The van der Waals surface area contributed by atoms with Crippen molar-refractivity contribution in [2.45, 2.75) is 55.2 Å². The van der Waals surface area contributed by atoms with Gasteiger partial charge in [0.15, 0.2) is 5.16 Å². The molecule has 1 saturated carbocycles. The Hall–Kier alpha value is -1.34. The molecule has 2 fully saturated rings. The molecular weight excluding hydrogens is 318 g/mol. The number of cyclic esters (lactones) is 1. The minimum absolute atomic E-state index is 0.00730. The quantitative estimate of drug-likeness (QED) is 0.786. The molecule has 0 N–H and O–H groups in total. The summed E-state index contributed by atoms with van der Waals surface area (Å²) in [5.74, 6) is 0.884. The summed E-state index contributed by atoms with van der Waals surface area (Å²) >= 11 is 3.25. The summed E-state index contributed by atoms with van der Waals surface area (Å²) in [6.45, 7) is 1.94. The molecule has 1 aliphatic carbocycles. The van der Waals surface area contributed by atoms with Gasteiger partial charge in [0.1, 0.15) is 17.2 Å². The first kappa shape index (κ1) is 14.3. The van der Waals surface area contributed by atoms with Gasteiger partial charge in [0.25, 0.3) is 0 Å². The monoisotopic (exact) mass is 335 g/mol. The minimum Gasteiger partial charge on any atom is -0.462 e. The van der Waals surface area contributed by atoms with E-state index in [1.165, 1.54) is 29.5 Å². The Kier molecular flexibility index (Phi) is 3.69. The van der Waals surface area contributed by atoms with Gasteiger partial charge in [-0.05, 0) is 31.2 Å². The summed E-state index contributed by atoms with van der Waals surface area (Å²) in [6, 6.07) is 4.69. The summed E-state index contributed by atoms with van der Waals surface area (Å²) in [7, 11) is 0. The number of ether oxygens (including phenoxy) is 1. The third kappa shape index (κ3) is 2.79. The first-order chi connectivity index (χ1) is 10.7. The van der Waals surface area contributed by atoms with E-state index in [0.29, 0.717) is 6.04 Å². The van der Waals surface area contributed by atoms with E-state index in [0.717, 1.165) is 23.8 Å². The van der Waals surface area contributed by atoms with Gasteiger partial charge in [0.05, 0.1) is 0 Å². The van der Waals surface area contributed by atoms with E-state index in [1.807, 2.05) is 6.92 Å². The summed E-state index contributed by atoms with van der Waals surface area (Å²) in [4.78, 5) is 13.1. The van der Waals surface area contributed by atoms with Crippen molar-refractivity contribution in [3.8, 4) is 0 Å². The molecule has 2 aromatic heterocycles. The van der Waals surface area contributed by atoms with Crippen LogP contribution in [-0.2, 0) is 16.0 Å². The number of carbonyl (C=O) groups excluding carboxylic acids is 1. The van der Waals surface area contributed by atoms with Crippen LogP contribution in [0.4, 0.5) is 0 Å². The Morgan fingerprint density at radius 2 is 2.32 bits per heavy atom. The molecule has 3 heterocycles. The molecule has 7 heteroatoms. The second-order valence-corrected chi connectivity index (χ2v) is 8.05. The maximum atomic E-state index is 11.9. The standard InChI is InChI=1S/C15H17N3O2S2/c1-9-7-12(14(19)20-9)22-15-17-16-13(18(15)10-4-5-10)8-11-3-2-6-21-11/h2-3,6,9-10,12H,4-5,7-8H2,1H3/t9-,12-/m1/s1. The molecule has 0 spiro atoms. The number of thioether (sulfide) groups is 1. The second kappa shape index (κ2) is 5.70. The third-order valence-electron chi connectivity index (χ3n) is 3.93. The molecule has 1 saturated heterocycles. The van der Waals surface area contributed by atoms with Crippen molar-refractivity contribution in [3.63, 3.8) is 0 Å². The predicted molar refractivity (Wildman–Crippen MR) is 85.2 cm³/mol. The van der Waals surface area contributed by atoms with Crippen molar-refractivity contribution in [3.05, 3.63) is 28.2 Å². The Morgan fingerprint density at radius 3 is 2.95 bits per heavy atom. The van der Waals surface area contributed by atoms with Gasteiger partial charge in [-0.2, -0.15) is 0 Å². The van der Waals surface area contributed by atoms with Crippen LogP contribution in [-0.4, -0.2) is 32.1 Å². The van der Waals surface area contributed by atoms with Crippen LogP contribution in [0.15, 0.2) is 22.7 Å². The molecular formula is C15H17N3O2S2. The van der Waals surface area contributed by atoms with Crippen molar-refractivity contribution in [2.24, 2.45) is 0 Å². The topological polar surface area (TPSA) is 57.0 Å². The Bertz CT molecular complexity index is 679. The maximum Gasteiger partial charge on any atom is 0.319 e. The largest absolute Gasteiger partial charge is 0.462 e. The van der Waals surface area contributed by atoms with Gasteiger partial charge in [-0.1, -0.05) is 17.8 Å². The van der Waals surface area contributed by atoms with Crippen molar-refractivity contribution >= 4 is 29.1 Å². The molecule has 0 bridgehead atoms. The van der Waals surface area contributed by atoms with Crippen molar-refractivity contribution in [2.75, 3.05) is 0 Å². The Morgan fingerprint density at radius 1 is 1.45 bits per heavy atom. The first-order valence-corrected chi connectivity index (χ1v) is 9.30. The second-order valence-electron chi connectivity index (χ2n) is 5.85.